The van der Waals surface area contributed by atoms with Gasteiger partial charge in [0.05, 0.1) is 6.42 Å². The highest BCUT2D eigenvalue weighted by atomic mass is 19.1. The molecule has 0 aromatic heterocycles. The van der Waals surface area contributed by atoms with E-state index in [-0.39, 0.29) is 29.5 Å². The molecule has 1 saturated carbocycles. The van der Waals surface area contributed by atoms with Gasteiger partial charge in [-0.15, -0.1) is 0 Å². The summed E-state index contributed by atoms with van der Waals surface area (Å²) in [4.78, 5) is 11.8. The average Bonchev–Trinajstić information content (AvgIpc) is 2.86. The monoisotopic (exact) mass is 265 g/mol. The fourth-order valence-corrected chi connectivity index (χ4v) is 2.42. The van der Waals surface area contributed by atoms with E-state index in [1.807, 2.05) is 0 Å². The Kier molecular flexibility index (Phi) is 4.30. The van der Waals surface area contributed by atoms with Crippen LogP contribution in [-0.2, 0) is 11.2 Å². The molecule has 1 N–H and O–H groups in total. The zero-order valence-corrected chi connectivity index (χ0v) is 10.7. The molecule has 1 aliphatic rings. The summed E-state index contributed by atoms with van der Waals surface area (Å²) in [5.74, 6) is -1.38. The van der Waals surface area contributed by atoms with Gasteiger partial charge >= 0.3 is 0 Å². The van der Waals surface area contributed by atoms with E-state index in [4.69, 9.17) is 0 Å². The maximum absolute atomic E-state index is 13.7. The third kappa shape index (κ3) is 3.40. The number of halogens is 2. The molecule has 0 atom stereocenters. The predicted molar refractivity (Wildman–Crippen MR) is 70.6 cm³/mol. The lowest BCUT2D eigenvalue weighted by atomic mass is 10.1. The Balaban J connectivity index is 2.03. The van der Waals surface area contributed by atoms with Crippen LogP contribution in [0.1, 0.15) is 36.8 Å². The van der Waals surface area contributed by atoms with Crippen LogP contribution in [-0.4, -0.2) is 11.9 Å². The Morgan fingerprint density at radius 1 is 1.32 bits per heavy atom. The molecule has 2 rings (SSSR count). The summed E-state index contributed by atoms with van der Waals surface area (Å²) in [5, 5.41) is 2.85. The van der Waals surface area contributed by atoms with Crippen LogP contribution < -0.4 is 5.32 Å². The zero-order chi connectivity index (χ0) is 13.8. The van der Waals surface area contributed by atoms with Gasteiger partial charge in [-0.05, 0) is 25.0 Å². The van der Waals surface area contributed by atoms with Gasteiger partial charge in [-0.25, -0.2) is 8.78 Å². The van der Waals surface area contributed by atoms with Crippen LogP contribution in [0.4, 0.5) is 8.78 Å². The van der Waals surface area contributed by atoms with Gasteiger partial charge < -0.3 is 5.32 Å². The van der Waals surface area contributed by atoms with E-state index in [0.717, 1.165) is 37.8 Å². The van der Waals surface area contributed by atoms with Crippen LogP contribution in [0, 0.1) is 11.6 Å². The highest BCUT2D eigenvalue weighted by Crippen LogP contribution is 2.19. The Bertz CT molecular complexity index is 493. The van der Waals surface area contributed by atoms with Crippen LogP contribution in [0.3, 0.4) is 0 Å². The molecule has 1 fully saturated rings. The molecule has 0 heterocycles. The minimum Gasteiger partial charge on any atom is -0.353 e. The van der Waals surface area contributed by atoms with E-state index in [0.29, 0.717) is 0 Å². The number of rotatable bonds is 4. The second-order valence-corrected chi connectivity index (χ2v) is 4.89. The van der Waals surface area contributed by atoms with E-state index in [1.54, 1.807) is 0 Å². The third-order valence-electron chi connectivity index (χ3n) is 3.46. The molecule has 2 nitrogen and oxygen atoms in total. The first kappa shape index (κ1) is 13.7. The molecule has 1 aromatic carbocycles. The van der Waals surface area contributed by atoms with Gasteiger partial charge in [0.2, 0.25) is 5.91 Å². The van der Waals surface area contributed by atoms with Crippen molar-refractivity contribution in [2.75, 3.05) is 0 Å². The first-order valence-electron chi connectivity index (χ1n) is 6.50. The van der Waals surface area contributed by atoms with Gasteiger partial charge in [-0.1, -0.05) is 25.5 Å². The molecule has 0 aliphatic heterocycles. The normalized spacial score (nSPS) is 15.5. The third-order valence-corrected chi connectivity index (χ3v) is 3.46. The fraction of sp³-hybridized carbons (Fsp3) is 0.400. The van der Waals surface area contributed by atoms with E-state index in [1.165, 1.54) is 6.08 Å². The van der Waals surface area contributed by atoms with Gasteiger partial charge in [-0.3, -0.25) is 4.79 Å². The Labute approximate surface area is 111 Å². The lowest BCUT2D eigenvalue weighted by molar-refractivity contribution is -0.121. The van der Waals surface area contributed by atoms with Crippen molar-refractivity contribution in [3.8, 4) is 0 Å². The summed E-state index contributed by atoms with van der Waals surface area (Å²) in [6.07, 6.45) is 5.29. The van der Waals surface area contributed by atoms with Crippen molar-refractivity contribution in [3.05, 3.63) is 41.5 Å². The van der Waals surface area contributed by atoms with E-state index in [9.17, 15) is 13.6 Å². The summed E-state index contributed by atoms with van der Waals surface area (Å²) in [6.45, 7) is 3.41. The number of hydrogen-bond donors (Lipinski definition) is 1. The molecule has 1 aromatic rings. The SMILES string of the molecule is C=Cc1cc(F)c(CC(=O)NC2CCCC2)cc1F. The molecule has 102 valence electrons. The van der Waals surface area contributed by atoms with Gasteiger partial charge in [0, 0.05) is 17.2 Å². The van der Waals surface area contributed by atoms with Gasteiger partial charge in [-0.2, -0.15) is 0 Å². The van der Waals surface area contributed by atoms with Crippen molar-refractivity contribution in [1.82, 2.24) is 5.32 Å². The van der Waals surface area contributed by atoms with Crippen LogP contribution in [0.2, 0.25) is 0 Å². The number of benzene rings is 1. The Morgan fingerprint density at radius 2 is 2.00 bits per heavy atom. The molecular formula is C15H17F2NO. The minimum absolute atomic E-state index is 0.0820. The number of amides is 1. The number of carbonyl (C=O) groups excluding carboxylic acids is 1. The van der Waals surface area contributed by atoms with Crippen molar-refractivity contribution in [2.24, 2.45) is 0 Å². The number of nitrogens with one attached hydrogen (secondary N) is 1. The smallest absolute Gasteiger partial charge is 0.224 e. The van der Waals surface area contributed by atoms with Crippen molar-refractivity contribution in [3.63, 3.8) is 0 Å². The van der Waals surface area contributed by atoms with E-state index in [2.05, 4.69) is 11.9 Å². The first-order chi connectivity index (χ1) is 9.10. The van der Waals surface area contributed by atoms with Crippen LogP contribution >= 0.6 is 0 Å². The molecule has 0 spiro atoms. The lowest BCUT2D eigenvalue weighted by Gasteiger charge is -2.12. The van der Waals surface area contributed by atoms with Crippen molar-refractivity contribution in [2.45, 2.75) is 38.1 Å². The summed E-state index contributed by atoms with van der Waals surface area (Å²) in [6, 6.07) is 2.33. The van der Waals surface area contributed by atoms with Crippen molar-refractivity contribution in [1.29, 1.82) is 0 Å². The van der Waals surface area contributed by atoms with Gasteiger partial charge in [0.25, 0.3) is 0 Å². The fourth-order valence-electron chi connectivity index (χ4n) is 2.42. The predicted octanol–water partition coefficient (Wildman–Crippen LogP) is 3.21. The van der Waals surface area contributed by atoms with Gasteiger partial charge in [0.1, 0.15) is 11.6 Å². The molecule has 1 aliphatic carbocycles. The second-order valence-electron chi connectivity index (χ2n) is 4.89. The summed E-state index contributed by atoms with van der Waals surface area (Å²) >= 11 is 0. The van der Waals surface area contributed by atoms with Crippen LogP contribution in [0.5, 0.6) is 0 Å². The maximum atomic E-state index is 13.7. The average molecular weight is 265 g/mol. The minimum atomic E-state index is -0.571. The first-order valence-corrected chi connectivity index (χ1v) is 6.50. The van der Waals surface area contributed by atoms with Crippen molar-refractivity contribution >= 4 is 12.0 Å². The summed E-state index contributed by atoms with van der Waals surface area (Å²) in [5.41, 5.74) is 0.191. The highest BCUT2D eigenvalue weighted by Gasteiger charge is 2.18. The zero-order valence-electron chi connectivity index (χ0n) is 10.7. The molecule has 0 bridgehead atoms. The van der Waals surface area contributed by atoms with Gasteiger partial charge in [0.15, 0.2) is 0 Å². The molecule has 0 radical (unpaired) electrons. The Hall–Kier alpha value is -1.71. The molecular weight excluding hydrogens is 248 g/mol. The molecule has 0 saturated heterocycles. The lowest BCUT2D eigenvalue weighted by Crippen LogP contribution is -2.33. The molecule has 4 heteroatoms. The highest BCUT2D eigenvalue weighted by molar-refractivity contribution is 5.79. The standard InChI is InChI=1S/C15H17F2NO/c1-2-10-7-14(17)11(8-13(10)16)9-15(19)18-12-5-3-4-6-12/h2,7-8,12H,1,3-6,9H2,(H,18,19). The van der Waals surface area contributed by atoms with E-state index < -0.39 is 11.6 Å². The maximum Gasteiger partial charge on any atom is 0.224 e. The van der Waals surface area contributed by atoms with Crippen LogP contribution in [0.25, 0.3) is 6.08 Å². The summed E-state index contributed by atoms with van der Waals surface area (Å²) < 4.78 is 27.2. The molecule has 19 heavy (non-hydrogen) atoms. The molecule has 1 amide bonds. The topological polar surface area (TPSA) is 29.1 Å². The largest absolute Gasteiger partial charge is 0.353 e. The number of hydrogen-bond acceptors (Lipinski definition) is 1. The Morgan fingerprint density at radius 3 is 2.63 bits per heavy atom. The van der Waals surface area contributed by atoms with E-state index >= 15 is 0 Å². The van der Waals surface area contributed by atoms with Crippen molar-refractivity contribution < 1.29 is 13.6 Å². The summed E-state index contributed by atoms with van der Waals surface area (Å²) in [7, 11) is 0. The molecule has 0 unspecified atom stereocenters. The van der Waals surface area contributed by atoms with Crippen LogP contribution in [0.15, 0.2) is 18.7 Å². The quantitative estimate of drug-likeness (QED) is 0.890. The number of carbonyl (C=O) groups is 1. The second kappa shape index (κ2) is 5.95.